The van der Waals surface area contributed by atoms with E-state index in [1.54, 1.807) is 0 Å². The molecule has 1 unspecified atom stereocenters. The van der Waals surface area contributed by atoms with Crippen LogP contribution in [0.15, 0.2) is 60.9 Å². The van der Waals surface area contributed by atoms with Crippen molar-refractivity contribution in [3.63, 3.8) is 0 Å². The Morgan fingerprint density at radius 3 is 2.50 bits per heavy atom. The molecule has 2 aromatic carbocycles. The largest absolute Gasteiger partial charge is 0.457 e. The molecule has 0 spiro atoms. The normalized spacial score (nSPS) is 16.4. The van der Waals surface area contributed by atoms with Gasteiger partial charge in [-0.3, -0.25) is 0 Å². The molecule has 0 bridgehead atoms. The second-order valence-corrected chi connectivity index (χ2v) is 6.26. The summed E-state index contributed by atoms with van der Waals surface area (Å²) in [7, 11) is 0. The molecule has 4 rings (SSSR count). The molecule has 2 heterocycles. The molecular formula is C20H21N5O. The average Bonchev–Trinajstić information content (AvgIpc) is 3.17. The minimum Gasteiger partial charge on any atom is -0.457 e. The van der Waals surface area contributed by atoms with Crippen molar-refractivity contribution < 1.29 is 4.74 Å². The third-order valence-electron chi connectivity index (χ3n) is 4.40. The minimum atomic E-state index is 0.351. The van der Waals surface area contributed by atoms with E-state index in [0.717, 1.165) is 48.0 Å². The number of rotatable bonds is 5. The van der Waals surface area contributed by atoms with Crippen LogP contribution in [0.5, 0.6) is 11.5 Å². The van der Waals surface area contributed by atoms with E-state index in [-0.39, 0.29) is 0 Å². The van der Waals surface area contributed by atoms with Gasteiger partial charge in [-0.05, 0) is 42.8 Å². The maximum atomic E-state index is 6.15. The molecule has 132 valence electrons. The Bertz CT molecular complexity index is 861. The molecule has 1 aliphatic rings. The molecule has 1 atom stereocenters. The van der Waals surface area contributed by atoms with E-state index in [4.69, 9.17) is 10.5 Å². The summed E-state index contributed by atoms with van der Waals surface area (Å²) >= 11 is 0. The topological polar surface area (TPSA) is 85.1 Å². The Labute approximate surface area is 152 Å². The van der Waals surface area contributed by atoms with Crippen molar-refractivity contribution in [3.05, 3.63) is 60.9 Å². The fraction of sp³-hybridized carbons (Fsp3) is 0.200. The predicted molar refractivity (Wildman–Crippen MR) is 103 cm³/mol. The van der Waals surface area contributed by atoms with Crippen LogP contribution in [0.3, 0.4) is 0 Å². The number of aromatic nitrogens is 2. The van der Waals surface area contributed by atoms with Gasteiger partial charge in [0.25, 0.3) is 0 Å². The van der Waals surface area contributed by atoms with E-state index in [9.17, 15) is 0 Å². The third-order valence-corrected chi connectivity index (χ3v) is 4.40. The van der Waals surface area contributed by atoms with Crippen LogP contribution < -0.4 is 21.1 Å². The summed E-state index contributed by atoms with van der Waals surface area (Å²) in [5.74, 6) is 2.80. The summed E-state index contributed by atoms with van der Waals surface area (Å²) < 4.78 is 5.85. The van der Waals surface area contributed by atoms with Crippen molar-refractivity contribution in [1.29, 1.82) is 0 Å². The Balaban J connectivity index is 1.58. The number of anilines is 2. The molecule has 1 fully saturated rings. The Kier molecular flexibility index (Phi) is 4.66. The summed E-state index contributed by atoms with van der Waals surface area (Å²) in [6.45, 7) is 1.94. The van der Waals surface area contributed by atoms with Gasteiger partial charge in [0.1, 0.15) is 29.5 Å². The number of benzene rings is 2. The number of nitrogens with zero attached hydrogens (tertiary/aromatic N) is 2. The van der Waals surface area contributed by atoms with Crippen LogP contribution in [0.1, 0.15) is 6.42 Å². The predicted octanol–water partition coefficient (Wildman–Crippen LogP) is 3.29. The maximum Gasteiger partial charge on any atom is 0.139 e. The first-order valence-corrected chi connectivity index (χ1v) is 8.70. The molecule has 0 saturated carbocycles. The first kappa shape index (κ1) is 16.4. The number of ether oxygens (including phenoxy) is 1. The molecule has 26 heavy (non-hydrogen) atoms. The summed E-state index contributed by atoms with van der Waals surface area (Å²) in [4.78, 5) is 8.57. The van der Waals surface area contributed by atoms with E-state index < -0.39 is 0 Å². The lowest BCUT2D eigenvalue weighted by Crippen LogP contribution is -2.23. The highest BCUT2D eigenvalue weighted by molar-refractivity contribution is 5.83. The van der Waals surface area contributed by atoms with Crippen molar-refractivity contribution >= 4 is 11.6 Å². The van der Waals surface area contributed by atoms with Gasteiger partial charge in [-0.15, -0.1) is 0 Å². The average molecular weight is 347 g/mol. The second kappa shape index (κ2) is 7.41. The van der Waals surface area contributed by atoms with Crippen LogP contribution in [0.2, 0.25) is 0 Å². The summed E-state index contributed by atoms with van der Waals surface area (Å²) in [6, 6.07) is 17.9. The molecule has 6 heteroatoms. The highest BCUT2D eigenvalue weighted by Crippen LogP contribution is 2.33. The van der Waals surface area contributed by atoms with Crippen molar-refractivity contribution in [2.75, 3.05) is 24.1 Å². The van der Waals surface area contributed by atoms with Gasteiger partial charge >= 0.3 is 0 Å². The second-order valence-electron chi connectivity index (χ2n) is 6.26. The molecule has 1 aromatic heterocycles. The first-order valence-electron chi connectivity index (χ1n) is 8.70. The van der Waals surface area contributed by atoms with Crippen LogP contribution >= 0.6 is 0 Å². The van der Waals surface area contributed by atoms with Gasteiger partial charge in [0.15, 0.2) is 0 Å². The highest BCUT2D eigenvalue weighted by Gasteiger charge is 2.18. The summed E-state index contributed by atoms with van der Waals surface area (Å²) in [5, 5.41) is 6.82. The van der Waals surface area contributed by atoms with Crippen molar-refractivity contribution in [3.8, 4) is 22.6 Å². The smallest absolute Gasteiger partial charge is 0.139 e. The van der Waals surface area contributed by atoms with Gasteiger partial charge in [0.05, 0.1) is 5.56 Å². The van der Waals surface area contributed by atoms with Gasteiger partial charge in [0, 0.05) is 12.6 Å². The number of hydrogen-bond acceptors (Lipinski definition) is 6. The molecule has 6 nitrogen and oxygen atoms in total. The number of para-hydroxylation sites is 1. The fourth-order valence-corrected chi connectivity index (χ4v) is 3.08. The highest BCUT2D eigenvalue weighted by atomic mass is 16.5. The van der Waals surface area contributed by atoms with E-state index >= 15 is 0 Å². The van der Waals surface area contributed by atoms with Crippen molar-refractivity contribution in [2.45, 2.75) is 12.5 Å². The Morgan fingerprint density at radius 2 is 1.77 bits per heavy atom. The minimum absolute atomic E-state index is 0.351. The fourth-order valence-electron chi connectivity index (χ4n) is 3.08. The van der Waals surface area contributed by atoms with Crippen LogP contribution in [-0.4, -0.2) is 29.1 Å². The number of hydrogen-bond donors (Lipinski definition) is 3. The van der Waals surface area contributed by atoms with Crippen LogP contribution in [-0.2, 0) is 0 Å². The zero-order valence-corrected chi connectivity index (χ0v) is 14.4. The number of nitrogens with one attached hydrogen (secondary N) is 2. The molecule has 4 N–H and O–H groups in total. The van der Waals surface area contributed by atoms with Gasteiger partial charge in [-0.1, -0.05) is 30.3 Å². The van der Waals surface area contributed by atoms with E-state index in [2.05, 4.69) is 20.6 Å². The quantitative estimate of drug-likeness (QED) is 0.657. The van der Waals surface area contributed by atoms with Gasteiger partial charge in [0.2, 0.25) is 0 Å². The number of nitrogen functional groups attached to an aromatic ring is 1. The van der Waals surface area contributed by atoms with Crippen molar-refractivity contribution in [2.24, 2.45) is 0 Å². The SMILES string of the molecule is Nc1ncnc(NC2CCNC2)c1-c1ccc(Oc2ccccc2)cc1. The maximum absolute atomic E-state index is 6.15. The molecule has 3 aromatic rings. The van der Waals surface area contributed by atoms with Gasteiger partial charge in [-0.2, -0.15) is 0 Å². The third kappa shape index (κ3) is 3.60. The molecular weight excluding hydrogens is 326 g/mol. The molecule has 0 radical (unpaired) electrons. The zero-order chi connectivity index (χ0) is 17.8. The van der Waals surface area contributed by atoms with Crippen LogP contribution in [0, 0.1) is 0 Å². The standard InChI is InChI=1S/C20H21N5O/c21-19-18(20(24-13-23-19)25-15-10-11-22-12-15)14-6-8-17(9-7-14)26-16-4-2-1-3-5-16/h1-9,13,15,22H,10-12H2,(H3,21,23,24,25). The number of nitrogens with two attached hydrogens (primary N) is 1. The van der Waals surface area contributed by atoms with Crippen LogP contribution in [0.25, 0.3) is 11.1 Å². The summed E-state index contributed by atoms with van der Waals surface area (Å²) in [5.41, 5.74) is 7.93. The Morgan fingerprint density at radius 1 is 1.00 bits per heavy atom. The zero-order valence-electron chi connectivity index (χ0n) is 14.4. The Hall–Kier alpha value is -3.12. The van der Waals surface area contributed by atoms with E-state index in [1.165, 1.54) is 6.33 Å². The molecule has 1 aliphatic heterocycles. The molecule has 0 amide bonds. The molecule has 0 aliphatic carbocycles. The van der Waals surface area contributed by atoms with E-state index in [1.807, 2.05) is 54.6 Å². The molecule has 1 saturated heterocycles. The lowest BCUT2D eigenvalue weighted by molar-refractivity contribution is 0.483. The van der Waals surface area contributed by atoms with Gasteiger partial charge in [-0.25, -0.2) is 9.97 Å². The lowest BCUT2D eigenvalue weighted by Gasteiger charge is -2.16. The summed E-state index contributed by atoms with van der Waals surface area (Å²) in [6.07, 6.45) is 2.56. The monoisotopic (exact) mass is 347 g/mol. The van der Waals surface area contributed by atoms with Crippen LogP contribution in [0.4, 0.5) is 11.6 Å². The lowest BCUT2D eigenvalue weighted by atomic mass is 10.1. The van der Waals surface area contributed by atoms with Crippen molar-refractivity contribution in [1.82, 2.24) is 15.3 Å². The van der Waals surface area contributed by atoms with E-state index in [0.29, 0.717) is 11.9 Å². The first-order chi connectivity index (χ1) is 12.8. The van der Waals surface area contributed by atoms with Gasteiger partial charge < -0.3 is 21.1 Å².